The van der Waals surface area contributed by atoms with Crippen molar-refractivity contribution in [3.05, 3.63) is 29.8 Å². The molecule has 0 radical (unpaired) electrons. The Balaban J connectivity index is 1.88. The zero-order chi connectivity index (χ0) is 15.4. The van der Waals surface area contributed by atoms with Crippen LogP contribution >= 0.6 is 0 Å². The molecule has 4 nitrogen and oxygen atoms in total. The molecular weight excluding hydrogens is 276 g/mol. The minimum atomic E-state index is -0.970. The van der Waals surface area contributed by atoms with E-state index in [1.807, 2.05) is 4.90 Å². The molecule has 1 aromatic rings. The van der Waals surface area contributed by atoms with Crippen LogP contribution in [0.4, 0.5) is 14.5 Å². The van der Waals surface area contributed by atoms with Crippen LogP contribution in [0, 0.1) is 23.5 Å². The van der Waals surface area contributed by atoms with Crippen molar-refractivity contribution in [3.8, 4) is 0 Å². The van der Waals surface area contributed by atoms with Crippen LogP contribution in [0.25, 0.3) is 0 Å². The number of hydrogen-bond acceptors (Lipinski definition) is 3. The average molecular weight is 297 g/mol. The molecule has 2 unspecified atom stereocenters. The molecule has 1 heterocycles. The summed E-state index contributed by atoms with van der Waals surface area (Å²) in [6, 6.07) is 3.32. The van der Waals surface area contributed by atoms with Crippen LogP contribution in [0.1, 0.15) is 13.3 Å². The number of carbonyl (C=O) groups excluding carboxylic acids is 1. The average Bonchev–Trinajstić information content (AvgIpc) is 2.45. The van der Waals surface area contributed by atoms with Gasteiger partial charge in [-0.3, -0.25) is 9.69 Å². The Hall–Kier alpha value is -1.53. The number of likely N-dealkylation sites (tertiary alicyclic amines) is 1. The lowest BCUT2D eigenvalue weighted by Crippen LogP contribution is -2.45. The molecule has 2 rings (SSSR count). The van der Waals surface area contributed by atoms with Gasteiger partial charge in [0, 0.05) is 18.3 Å². The molecule has 1 amide bonds. The van der Waals surface area contributed by atoms with E-state index < -0.39 is 11.6 Å². The quantitative estimate of drug-likeness (QED) is 0.891. The minimum absolute atomic E-state index is 0.230. The smallest absolute Gasteiger partial charge is 0.238 e. The Labute approximate surface area is 123 Å². The van der Waals surface area contributed by atoms with E-state index in [0.717, 1.165) is 31.6 Å². The zero-order valence-corrected chi connectivity index (χ0v) is 12.1. The molecule has 1 saturated heterocycles. The number of anilines is 1. The van der Waals surface area contributed by atoms with Gasteiger partial charge in [-0.05, 0) is 43.5 Å². The van der Waals surface area contributed by atoms with Gasteiger partial charge >= 0.3 is 0 Å². The number of halogens is 2. The number of amides is 1. The van der Waals surface area contributed by atoms with E-state index in [0.29, 0.717) is 18.4 Å². The number of nitrogens with zero attached hydrogens (tertiary/aromatic N) is 1. The summed E-state index contributed by atoms with van der Waals surface area (Å²) in [5.41, 5.74) is 6.00. The van der Waals surface area contributed by atoms with Crippen molar-refractivity contribution in [1.82, 2.24) is 4.90 Å². The van der Waals surface area contributed by atoms with Gasteiger partial charge in [-0.1, -0.05) is 6.92 Å². The third-order valence-electron chi connectivity index (χ3n) is 4.07. The highest BCUT2D eigenvalue weighted by Crippen LogP contribution is 2.22. The normalized spacial score (nSPS) is 23.0. The number of carbonyl (C=O) groups is 1. The van der Waals surface area contributed by atoms with Gasteiger partial charge in [-0.2, -0.15) is 0 Å². The number of rotatable bonds is 4. The Morgan fingerprint density at radius 3 is 2.86 bits per heavy atom. The summed E-state index contributed by atoms with van der Waals surface area (Å²) in [7, 11) is 0. The number of benzene rings is 1. The first-order valence-electron chi connectivity index (χ1n) is 7.17. The third kappa shape index (κ3) is 4.22. The third-order valence-corrected chi connectivity index (χ3v) is 4.07. The molecule has 1 aromatic carbocycles. The molecule has 2 atom stereocenters. The maximum Gasteiger partial charge on any atom is 0.238 e. The van der Waals surface area contributed by atoms with Crippen LogP contribution in [0.5, 0.6) is 0 Å². The van der Waals surface area contributed by atoms with Crippen molar-refractivity contribution in [2.75, 3.05) is 31.5 Å². The predicted molar refractivity (Wildman–Crippen MR) is 77.8 cm³/mol. The molecule has 0 aliphatic carbocycles. The summed E-state index contributed by atoms with van der Waals surface area (Å²) in [5, 5.41) is 2.58. The predicted octanol–water partition coefficient (Wildman–Crippen LogP) is 1.82. The second-order valence-electron chi connectivity index (χ2n) is 5.67. The molecule has 1 fully saturated rings. The van der Waals surface area contributed by atoms with E-state index in [4.69, 9.17) is 5.73 Å². The van der Waals surface area contributed by atoms with E-state index in [1.165, 1.54) is 6.07 Å². The Morgan fingerprint density at radius 1 is 1.43 bits per heavy atom. The minimum Gasteiger partial charge on any atom is -0.330 e. The van der Waals surface area contributed by atoms with E-state index in [2.05, 4.69) is 12.2 Å². The fraction of sp³-hybridized carbons (Fsp3) is 0.533. The van der Waals surface area contributed by atoms with Crippen LogP contribution in [0.3, 0.4) is 0 Å². The fourth-order valence-corrected chi connectivity index (χ4v) is 2.65. The van der Waals surface area contributed by atoms with Crippen molar-refractivity contribution in [2.24, 2.45) is 17.6 Å². The molecule has 0 spiro atoms. The number of piperidine rings is 1. The summed E-state index contributed by atoms with van der Waals surface area (Å²) in [6.45, 7) is 4.67. The van der Waals surface area contributed by atoms with E-state index >= 15 is 0 Å². The van der Waals surface area contributed by atoms with Gasteiger partial charge in [0.15, 0.2) is 11.6 Å². The fourth-order valence-electron chi connectivity index (χ4n) is 2.65. The monoisotopic (exact) mass is 297 g/mol. The van der Waals surface area contributed by atoms with Crippen molar-refractivity contribution < 1.29 is 13.6 Å². The Bertz CT molecular complexity index is 510. The van der Waals surface area contributed by atoms with Crippen molar-refractivity contribution in [3.63, 3.8) is 0 Å². The highest BCUT2D eigenvalue weighted by Gasteiger charge is 2.26. The molecule has 21 heavy (non-hydrogen) atoms. The van der Waals surface area contributed by atoms with Crippen molar-refractivity contribution in [2.45, 2.75) is 13.3 Å². The lowest BCUT2D eigenvalue weighted by molar-refractivity contribution is -0.117. The van der Waals surface area contributed by atoms with Crippen molar-refractivity contribution in [1.29, 1.82) is 0 Å². The molecule has 116 valence electrons. The number of hydrogen-bond donors (Lipinski definition) is 2. The molecular formula is C15H21F2N3O. The van der Waals surface area contributed by atoms with Gasteiger partial charge in [0.05, 0.1) is 6.54 Å². The van der Waals surface area contributed by atoms with Gasteiger partial charge in [0.1, 0.15) is 0 Å². The van der Waals surface area contributed by atoms with Gasteiger partial charge in [0.2, 0.25) is 5.91 Å². The summed E-state index contributed by atoms with van der Waals surface area (Å²) < 4.78 is 25.9. The second kappa shape index (κ2) is 6.95. The molecule has 0 aromatic heterocycles. The van der Waals surface area contributed by atoms with Crippen LogP contribution in [-0.4, -0.2) is 37.0 Å². The maximum absolute atomic E-state index is 13.1. The van der Waals surface area contributed by atoms with Gasteiger partial charge < -0.3 is 11.1 Å². The molecule has 6 heteroatoms. The summed E-state index contributed by atoms with van der Waals surface area (Å²) in [6.07, 6.45) is 1.01. The number of nitrogens with two attached hydrogens (primary N) is 1. The molecule has 0 bridgehead atoms. The molecule has 3 N–H and O–H groups in total. The van der Waals surface area contributed by atoms with Gasteiger partial charge in [-0.25, -0.2) is 8.78 Å². The lowest BCUT2D eigenvalue weighted by Gasteiger charge is -2.36. The lowest BCUT2D eigenvalue weighted by atomic mass is 9.87. The van der Waals surface area contributed by atoms with Gasteiger partial charge in [-0.15, -0.1) is 0 Å². The molecule has 0 saturated carbocycles. The summed E-state index contributed by atoms with van der Waals surface area (Å²) >= 11 is 0. The van der Waals surface area contributed by atoms with E-state index in [1.54, 1.807) is 0 Å². The highest BCUT2D eigenvalue weighted by molar-refractivity contribution is 5.92. The topological polar surface area (TPSA) is 58.4 Å². The summed E-state index contributed by atoms with van der Waals surface area (Å²) in [4.78, 5) is 14.0. The van der Waals surface area contributed by atoms with E-state index in [9.17, 15) is 13.6 Å². The van der Waals surface area contributed by atoms with Crippen molar-refractivity contribution >= 4 is 11.6 Å². The standard InChI is InChI=1S/C15H21F2N3O/c1-10-4-5-20(8-11(10)7-18)9-15(21)19-12-2-3-13(16)14(17)6-12/h2-3,6,10-11H,4-5,7-9,18H2,1H3,(H,19,21). The first-order chi connectivity index (χ1) is 9.99. The first-order valence-corrected chi connectivity index (χ1v) is 7.17. The SMILES string of the molecule is CC1CCN(CC(=O)Nc2ccc(F)c(F)c2)CC1CN. The second-order valence-corrected chi connectivity index (χ2v) is 5.67. The van der Waals surface area contributed by atoms with Crippen LogP contribution in [-0.2, 0) is 4.79 Å². The van der Waals surface area contributed by atoms with Crippen LogP contribution in [0.15, 0.2) is 18.2 Å². The van der Waals surface area contributed by atoms with E-state index in [-0.39, 0.29) is 18.1 Å². The van der Waals surface area contributed by atoms with Gasteiger partial charge in [0.25, 0.3) is 0 Å². The highest BCUT2D eigenvalue weighted by atomic mass is 19.2. The number of nitrogens with one attached hydrogen (secondary N) is 1. The zero-order valence-electron chi connectivity index (χ0n) is 12.1. The first kappa shape index (κ1) is 15.9. The summed E-state index contributed by atoms with van der Waals surface area (Å²) in [5.74, 6) is -1.16. The maximum atomic E-state index is 13.1. The Morgan fingerprint density at radius 2 is 2.19 bits per heavy atom. The van der Waals surface area contributed by atoms with Crippen LogP contribution in [0.2, 0.25) is 0 Å². The largest absolute Gasteiger partial charge is 0.330 e. The van der Waals surface area contributed by atoms with Crippen LogP contribution < -0.4 is 11.1 Å². The molecule has 1 aliphatic rings. The molecule has 1 aliphatic heterocycles. The Kier molecular flexibility index (Phi) is 5.25.